The zero-order valence-corrected chi connectivity index (χ0v) is 19.2. The van der Waals surface area contributed by atoms with Gasteiger partial charge >= 0.3 is 0 Å². The van der Waals surface area contributed by atoms with Gasteiger partial charge in [-0.05, 0) is 44.0 Å². The van der Waals surface area contributed by atoms with Crippen LogP contribution in [0.2, 0.25) is 0 Å². The van der Waals surface area contributed by atoms with E-state index in [0.717, 1.165) is 25.0 Å². The van der Waals surface area contributed by atoms with Crippen molar-refractivity contribution in [3.63, 3.8) is 0 Å². The molecule has 0 unspecified atom stereocenters. The van der Waals surface area contributed by atoms with Gasteiger partial charge in [0.2, 0.25) is 11.8 Å². The molecule has 1 amide bonds. The van der Waals surface area contributed by atoms with Gasteiger partial charge in [0.1, 0.15) is 12.4 Å². The van der Waals surface area contributed by atoms with Gasteiger partial charge in [-0.15, -0.1) is 0 Å². The molecule has 9 heteroatoms. The Kier molecular flexibility index (Phi) is 7.54. The van der Waals surface area contributed by atoms with Gasteiger partial charge in [-0.25, -0.2) is 13.5 Å². The Hall–Kier alpha value is -3.30. The normalized spacial score (nSPS) is 15.5. The fourth-order valence-corrected chi connectivity index (χ4v) is 3.93. The number of nitrogens with zero attached hydrogens (tertiary/aromatic N) is 3. The summed E-state index contributed by atoms with van der Waals surface area (Å²) in [5.41, 5.74) is 1.92. The molecule has 2 heterocycles. The quantitative estimate of drug-likeness (QED) is 0.463. The molecule has 1 atom stereocenters. The van der Waals surface area contributed by atoms with E-state index in [0.29, 0.717) is 30.1 Å². The maximum atomic E-state index is 14.5. The molecule has 2 aromatic carbocycles. The number of carbonyl (C=O) groups is 1. The molecule has 0 saturated carbocycles. The fourth-order valence-electron chi connectivity index (χ4n) is 3.93. The van der Waals surface area contributed by atoms with Gasteiger partial charge in [0.25, 0.3) is 0 Å². The smallest absolute Gasteiger partial charge is 0.248 e. The monoisotopic (exact) mass is 471 g/mol. The van der Waals surface area contributed by atoms with E-state index in [4.69, 9.17) is 14.2 Å². The maximum Gasteiger partial charge on any atom is 0.248 e. The molecule has 7 nitrogen and oxygen atoms in total. The van der Waals surface area contributed by atoms with E-state index >= 15 is 0 Å². The first-order valence-electron chi connectivity index (χ1n) is 11.1. The Labute approximate surface area is 196 Å². The van der Waals surface area contributed by atoms with Gasteiger partial charge in [0, 0.05) is 26.3 Å². The van der Waals surface area contributed by atoms with Crippen LogP contribution in [-0.4, -0.2) is 53.6 Å². The van der Waals surface area contributed by atoms with Crippen LogP contribution in [0.1, 0.15) is 24.1 Å². The van der Waals surface area contributed by atoms with E-state index in [1.54, 1.807) is 16.5 Å². The highest BCUT2D eigenvalue weighted by molar-refractivity contribution is 5.77. The van der Waals surface area contributed by atoms with E-state index < -0.39 is 11.6 Å². The number of rotatable bonds is 9. The molecular weight excluding hydrogens is 444 g/mol. The van der Waals surface area contributed by atoms with Crippen LogP contribution in [0.4, 0.5) is 8.78 Å². The summed E-state index contributed by atoms with van der Waals surface area (Å²) in [4.78, 5) is 14.5. The lowest BCUT2D eigenvalue weighted by Crippen LogP contribution is -2.39. The Morgan fingerprint density at radius 1 is 1.24 bits per heavy atom. The second-order valence-electron chi connectivity index (χ2n) is 8.14. The molecule has 1 fully saturated rings. The molecule has 1 aromatic heterocycles. The second-order valence-corrected chi connectivity index (χ2v) is 8.14. The lowest BCUT2D eigenvalue weighted by Gasteiger charge is -2.25. The van der Waals surface area contributed by atoms with Gasteiger partial charge in [0.05, 0.1) is 29.6 Å². The molecule has 0 bridgehead atoms. The Bertz CT molecular complexity index is 1130. The molecular formula is C25H27F2N3O4. The molecule has 0 spiro atoms. The van der Waals surface area contributed by atoms with Crippen molar-refractivity contribution in [1.29, 1.82) is 0 Å². The van der Waals surface area contributed by atoms with Gasteiger partial charge in [-0.1, -0.05) is 18.2 Å². The number of hydrogen-bond donors (Lipinski definition) is 0. The largest absolute Gasteiger partial charge is 0.435 e. The molecule has 4 rings (SSSR count). The highest BCUT2D eigenvalue weighted by atomic mass is 19.1. The topological polar surface area (TPSA) is 65.8 Å². The number of amides is 1. The third-order valence-corrected chi connectivity index (χ3v) is 5.66. The van der Waals surface area contributed by atoms with Crippen LogP contribution >= 0.6 is 0 Å². The average Bonchev–Trinajstić information content (AvgIpc) is 3.44. The van der Waals surface area contributed by atoms with Crippen LogP contribution in [0.25, 0.3) is 5.69 Å². The number of aromatic nitrogens is 2. The Morgan fingerprint density at radius 2 is 2.03 bits per heavy atom. The number of benzene rings is 2. The summed E-state index contributed by atoms with van der Waals surface area (Å²) in [6, 6.07) is 12.4. The lowest BCUT2D eigenvalue weighted by atomic mass is 10.2. The zero-order valence-electron chi connectivity index (χ0n) is 19.2. The van der Waals surface area contributed by atoms with Crippen molar-refractivity contribution < 1.29 is 27.8 Å². The lowest BCUT2D eigenvalue weighted by molar-refractivity contribution is -0.137. The summed E-state index contributed by atoms with van der Waals surface area (Å²) in [6.45, 7) is 2.94. The SMILES string of the molecule is COCC(=O)N(Cc1c(C)nn(-c2ccccc2)c1Oc1ccc(F)cc1F)C[C@H]1CCCO1. The predicted octanol–water partition coefficient (Wildman–Crippen LogP) is 4.41. The standard InChI is InChI=1S/C25H27F2N3O4/c1-17-21(15-29(24(31)16-32-2)14-20-9-6-12-33-20)25(30(28-17)19-7-4-3-5-8-19)34-23-11-10-18(26)13-22(23)27/h3-5,7-8,10-11,13,20H,6,9,12,14-16H2,1-2H3/t20-/m1/s1. The van der Waals surface area contributed by atoms with Crippen molar-refractivity contribution in [2.45, 2.75) is 32.4 Å². The Morgan fingerprint density at radius 3 is 2.71 bits per heavy atom. The molecule has 1 aliphatic heterocycles. The number of halogens is 2. The van der Waals surface area contributed by atoms with E-state index in [2.05, 4.69) is 5.10 Å². The number of hydrogen-bond acceptors (Lipinski definition) is 5. The summed E-state index contributed by atoms with van der Waals surface area (Å²) >= 11 is 0. The third-order valence-electron chi connectivity index (χ3n) is 5.66. The van der Waals surface area contributed by atoms with E-state index in [1.165, 1.54) is 13.2 Å². The number of methoxy groups -OCH3 is 1. The molecule has 3 aromatic rings. The molecule has 0 N–H and O–H groups in total. The maximum absolute atomic E-state index is 14.5. The van der Waals surface area contributed by atoms with Gasteiger partial charge in [0.15, 0.2) is 11.6 Å². The van der Waals surface area contributed by atoms with Crippen molar-refractivity contribution in [1.82, 2.24) is 14.7 Å². The van der Waals surface area contributed by atoms with Crippen molar-refractivity contribution in [2.75, 3.05) is 26.9 Å². The first-order valence-corrected chi connectivity index (χ1v) is 11.1. The molecule has 1 aliphatic rings. The van der Waals surface area contributed by atoms with Crippen LogP contribution in [0.3, 0.4) is 0 Å². The van der Waals surface area contributed by atoms with Crippen LogP contribution < -0.4 is 4.74 Å². The highest BCUT2D eigenvalue weighted by Gasteiger charge is 2.27. The minimum Gasteiger partial charge on any atom is -0.435 e. The second kappa shape index (κ2) is 10.8. The molecule has 1 saturated heterocycles. The van der Waals surface area contributed by atoms with Gasteiger partial charge in [-0.3, -0.25) is 4.79 Å². The Balaban J connectivity index is 1.73. The minimum atomic E-state index is -0.837. The average molecular weight is 472 g/mol. The number of carbonyl (C=O) groups excluding carboxylic acids is 1. The molecule has 0 aliphatic carbocycles. The minimum absolute atomic E-state index is 0.0656. The summed E-state index contributed by atoms with van der Waals surface area (Å²) in [5.74, 6) is -1.64. The summed E-state index contributed by atoms with van der Waals surface area (Å²) in [7, 11) is 1.46. The van der Waals surface area contributed by atoms with Gasteiger partial charge < -0.3 is 19.1 Å². The molecule has 0 radical (unpaired) electrons. The number of aryl methyl sites for hydroxylation is 1. The van der Waals surface area contributed by atoms with Crippen molar-refractivity contribution in [2.24, 2.45) is 0 Å². The number of ether oxygens (including phenoxy) is 3. The highest BCUT2D eigenvalue weighted by Crippen LogP contribution is 2.33. The zero-order chi connectivity index (χ0) is 24.1. The first-order chi connectivity index (χ1) is 16.5. The fraction of sp³-hybridized carbons (Fsp3) is 0.360. The first kappa shape index (κ1) is 23.8. The summed E-state index contributed by atoms with van der Waals surface area (Å²) in [5, 5.41) is 4.61. The van der Waals surface area contributed by atoms with Crippen LogP contribution in [-0.2, 0) is 20.8 Å². The van der Waals surface area contributed by atoms with Crippen LogP contribution in [0.15, 0.2) is 48.5 Å². The van der Waals surface area contributed by atoms with Crippen LogP contribution in [0.5, 0.6) is 11.6 Å². The predicted molar refractivity (Wildman–Crippen MR) is 121 cm³/mol. The summed E-state index contributed by atoms with van der Waals surface area (Å²) < 4.78 is 46.3. The van der Waals surface area contributed by atoms with Crippen molar-refractivity contribution in [3.8, 4) is 17.3 Å². The summed E-state index contributed by atoms with van der Waals surface area (Å²) in [6.07, 6.45) is 1.74. The van der Waals surface area contributed by atoms with E-state index in [9.17, 15) is 13.6 Å². The third kappa shape index (κ3) is 5.43. The van der Waals surface area contributed by atoms with Gasteiger partial charge in [-0.2, -0.15) is 5.10 Å². The number of para-hydroxylation sites is 1. The molecule has 180 valence electrons. The van der Waals surface area contributed by atoms with Crippen molar-refractivity contribution >= 4 is 5.91 Å². The van der Waals surface area contributed by atoms with E-state index in [1.807, 2.05) is 30.3 Å². The van der Waals surface area contributed by atoms with Crippen LogP contribution in [0, 0.1) is 18.6 Å². The molecule has 34 heavy (non-hydrogen) atoms. The van der Waals surface area contributed by atoms with E-state index in [-0.39, 0.29) is 36.8 Å². The van der Waals surface area contributed by atoms with Crippen molar-refractivity contribution in [3.05, 3.63) is 71.4 Å².